The molecule has 1 fully saturated rings. The summed E-state index contributed by atoms with van der Waals surface area (Å²) in [5, 5.41) is 9.39. The Morgan fingerprint density at radius 3 is 2.66 bits per heavy atom. The average molecular weight is 477 g/mol. The average Bonchev–Trinajstić information content (AvgIpc) is 2.95. The van der Waals surface area contributed by atoms with Gasteiger partial charge in [0.2, 0.25) is 0 Å². The number of carbonyl (C=O) groups is 2. The minimum Gasteiger partial charge on any atom is -0.497 e. The number of amidine groups is 1. The molecular weight excluding hydrogens is 460 g/mol. The number of hydrogen-bond acceptors (Lipinski definition) is 6. The summed E-state index contributed by atoms with van der Waals surface area (Å²) in [5.74, 6) is -0.181. The summed E-state index contributed by atoms with van der Waals surface area (Å²) in [5.41, 5.74) is 1.29. The van der Waals surface area contributed by atoms with Crippen LogP contribution in [0, 0.1) is 0 Å². The highest BCUT2D eigenvalue weighted by molar-refractivity contribution is 9.10. The molecule has 150 valence electrons. The van der Waals surface area contributed by atoms with E-state index in [9.17, 15) is 9.59 Å². The number of halogens is 1. The number of benzene rings is 2. The molecule has 1 amide bonds. The lowest BCUT2D eigenvalue weighted by Gasteiger charge is -2.08. The van der Waals surface area contributed by atoms with Gasteiger partial charge in [-0.25, -0.2) is 9.79 Å². The van der Waals surface area contributed by atoms with Gasteiger partial charge in [-0.15, -0.1) is 0 Å². The Balaban J connectivity index is 1.88. The maximum Gasteiger partial charge on any atom is 0.341 e. The smallest absolute Gasteiger partial charge is 0.341 e. The Morgan fingerprint density at radius 2 is 2.00 bits per heavy atom. The van der Waals surface area contributed by atoms with Gasteiger partial charge in [0, 0.05) is 17.1 Å². The largest absolute Gasteiger partial charge is 0.497 e. The van der Waals surface area contributed by atoms with E-state index in [-0.39, 0.29) is 5.91 Å². The van der Waals surface area contributed by atoms with Crippen LogP contribution < -0.4 is 9.47 Å². The standard InChI is InChI=1S/C20H17BrN2O5S/c1-23-19(26)17(29-20(23)22-14-4-6-15(27-2)7-5-14)10-12-9-13(21)3-8-16(12)28-11-18(24)25/h3-10H,11H2,1-2H3,(H,24,25). The number of rotatable bonds is 6. The van der Waals surface area contributed by atoms with Crippen molar-refractivity contribution in [2.75, 3.05) is 20.8 Å². The summed E-state index contributed by atoms with van der Waals surface area (Å²) in [6, 6.07) is 12.4. The second-order valence-electron chi connectivity index (χ2n) is 5.93. The first-order chi connectivity index (χ1) is 13.9. The van der Waals surface area contributed by atoms with E-state index in [0.29, 0.717) is 27.1 Å². The zero-order chi connectivity index (χ0) is 21.0. The Morgan fingerprint density at radius 1 is 1.28 bits per heavy atom. The molecule has 7 nitrogen and oxygen atoms in total. The van der Waals surface area contributed by atoms with Crippen LogP contribution in [0.1, 0.15) is 5.56 Å². The van der Waals surface area contributed by atoms with E-state index >= 15 is 0 Å². The number of aliphatic carboxylic acids is 1. The first-order valence-corrected chi connectivity index (χ1v) is 10.0. The monoisotopic (exact) mass is 476 g/mol. The molecule has 1 aliphatic heterocycles. The zero-order valence-corrected chi connectivity index (χ0v) is 18.0. The van der Waals surface area contributed by atoms with Crippen molar-refractivity contribution < 1.29 is 24.2 Å². The third-order valence-corrected chi connectivity index (χ3v) is 5.46. The number of aliphatic imine (C=N–C) groups is 1. The fraction of sp³-hybridized carbons (Fsp3) is 0.150. The maximum absolute atomic E-state index is 12.7. The second kappa shape index (κ2) is 9.15. The highest BCUT2D eigenvalue weighted by Gasteiger charge is 2.30. The number of carboxylic acid groups (broad SMARTS) is 1. The van der Waals surface area contributed by atoms with Gasteiger partial charge in [0.15, 0.2) is 11.8 Å². The fourth-order valence-corrected chi connectivity index (χ4v) is 3.82. The quantitative estimate of drug-likeness (QED) is 0.629. The van der Waals surface area contributed by atoms with Crippen LogP contribution >= 0.6 is 27.7 Å². The summed E-state index contributed by atoms with van der Waals surface area (Å²) >= 11 is 4.62. The molecule has 0 spiro atoms. The van der Waals surface area contributed by atoms with Crippen molar-refractivity contribution in [3.63, 3.8) is 0 Å². The number of hydrogen-bond donors (Lipinski definition) is 1. The van der Waals surface area contributed by atoms with E-state index in [0.717, 1.165) is 10.2 Å². The van der Waals surface area contributed by atoms with Crippen LogP contribution in [0.5, 0.6) is 11.5 Å². The Bertz CT molecular complexity index is 1000. The molecule has 0 saturated carbocycles. The molecule has 0 radical (unpaired) electrons. The van der Waals surface area contributed by atoms with Crippen molar-refractivity contribution in [1.29, 1.82) is 0 Å². The number of nitrogens with zero attached hydrogens (tertiary/aromatic N) is 2. The van der Waals surface area contributed by atoms with Crippen molar-refractivity contribution in [3.8, 4) is 11.5 Å². The van der Waals surface area contributed by atoms with E-state index in [1.54, 1.807) is 62.7 Å². The minimum absolute atomic E-state index is 0.202. The van der Waals surface area contributed by atoms with Crippen molar-refractivity contribution in [2.45, 2.75) is 0 Å². The molecule has 29 heavy (non-hydrogen) atoms. The van der Waals surface area contributed by atoms with Gasteiger partial charge in [-0.05, 0) is 60.3 Å². The number of amides is 1. The molecule has 9 heteroatoms. The molecule has 1 N–H and O–H groups in total. The minimum atomic E-state index is -1.08. The van der Waals surface area contributed by atoms with Crippen molar-refractivity contribution in [3.05, 3.63) is 57.4 Å². The van der Waals surface area contributed by atoms with Crippen LogP contribution in [0.2, 0.25) is 0 Å². The molecule has 0 unspecified atom stereocenters. The summed E-state index contributed by atoms with van der Waals surface area (Å²) in [4.78, 5) is 29.9. The van der Waals surface area contributed by atoms with Crippen molar-refractivity contribution in [2.24, 2.45) is 4.99 Å². The van der Waals surface area contributed by atoms with E-state index in [2.05, 4.69) is 20.9 Å². The predicted molar refractivity (Wildman–Crippen MR) is 116 cm³/mol. The molecule has 3 rings (SSSR count). The van der Waals surface area contributed by atoms with E-state index in [4.69, 9.17) is 14.6 Å². The summed E-state index contributed by atoms with van der Waals surface area (Å²) in [7, 11) is 3.24. The van der Waals surface area contributed by atoms with Gasteiger partial charge in [0.25, 0.3) is 5.91 Å². The lowest BCUT2D eigenvalue weighted by Crippen LogP contribution is -2.23. The van der Waals surface area contributed by atoms with Gasteiger partial charge >= 0.3 is 5.97 Å². The first-order valence-electron chi connectivity index (χ1n) is 8.42. The van der Waals surface area contributed by atoms with Gasteiger partial charge in [-0.2, -0.15) is 0 Å². The van der Waals surface area contributed by atoms with Crippen LogP contribution in [0.4, 0.5) is 5.69 Å². The number of thioether (sulfide) groups is 1. The van der Waals surface area contributed by atoms with Crippen molar-refractivity contribution >= 4 is 56.5 Å². The molecule has 0 aliphatic carbocycles. The topological polar surface area (TPSA) is 88.4 Å². The number of ether oxygens (including phenoxy) is 2. The van der Waals surface area contributed by atoms with Crippen LogP contribution in [0.3, 0.4) is 0 Å². The van der Waals surface area contributed by atoms with Crippen LogP contribution in [-0.2, 0) is 9.59 Å². The van der Waals surface area contributed by atoms with E-state index in [1.807, 2.05) is 0 Å². The third-order valence-electron chi connectivity index (χ3n) is 3.91. The van der Waals surface area contributed by atoms with Crippen LogP contribution in [0.25, 0.3) is 6.08 Å². The Hall–Kier alpha value is -2.78. The van der Waals surface area contributed by atoms with E-state index in [1.165, 1.54) is 16.7 Å². The summed E-state index contributed by atoms with van der Waals surface area (Å²) < 4.78 is 11.2. The number of likely N-dealkylation sites (N-methyl/N-ethyl adjacent to an activating group) is 1. The SMILES string of the molecule is COc1ccc(N=C2SC(=Cc3cc(Br)ccc3OCC(=O)O)C(=O)N2C)cc1. The number of carbonyl (C=O) groups excluding carboxylic acids is 1. The molecule has 1 heterocycles. The second-order valence-corrected chi connectivity index (χ2v) is 7.86. The Labute approximate surface area is 180 Å². The predicted octanol–water partition coefficient (Wildman–Crippen LogP) is 4.15. The lowest BCUT2D eigenvalue weighted by atomic mass is 10.2. The molecule has 2 aromatic rings. The van der Waals surface area contributed by atoms with Gasteiger partial charge in [-0.3, -0.25) is 9.69 Å². The molecule has 1 saturated heterocycles. The Kier molecular flexibility index (Phi) is 6.60. The van der Waals surface area contributed by atoms with Gasteiger partial charge < -0.3 is 14.6 Å². The molecule has 0 bridgehead atoms. The first kappa shape index (κ1) is 20.9. The molecule has 1 aliphatic rings. The highest BCUT2D eigenvalue weighted by atomic mass is 79.9. The molecule has 0 aromatic heterocycles. The highest BCUT2D eigenvalue weighted by Crippen LogP contribution is 2.35. The van der Waals surface area contributed by atoms with Crippen LogP contribution in [0.15, 0.2) is 56.8 Å². The van der Waals surface area contributed by atoms with E-state index < -0.39 is 12.6 Å². The van der Waals surface area contributed by atoms with Gasteiger partial charge in [0.05, 0.1) is 17.7 Å². The third kappa shape index (κ3) is 5.18. The maximum atomic E-state index is 12.7. The molecular formula is C20H17BrN2O5S. The molecule has 0 atom stereocenters. The zero-order valence-electron chi connectivity index (χ0n) is 15.6. The molecule has 2 aromatic carbocycles. The lowest BCUT2D eigenvalue weighted by molar-refractivity contribution is -0.139. The fourth-order valence-electron chi connectivity index (χ4n) is 2.46. The summed E-state index contributed by atoms with van der Waals surface area (Å²) in [6.45, 7) is -0.469. The van der Waals surface area contributed by atoms with Crippen molar-refractivity contribution in [1.82, 2.24) is 4.90 Å². The van der Waals surface area contributed by atoms with Gasteiger partial charge in [-0.1, -0.05) is 15.9 Å². The normalized spacial score (nSPS) is 16.5. The number of carboxylic acids is 1. The number of methoxy groups -OCH3 is 1. The van der Waals surface area contributed by atoms with Gasteiger partial charge in [0.1, 0.15) is 11.5 Å². The van der Waals surface area contributed by atoms with Crippen LogP contribution in [-0.4, -0.2) is 47.8 Å². The summed E-state index contributed by atoms with van der Waals surface area (Å²) in [6.07, 6.45) is 1.67.